The Bertz CT molecular complexity index is 410. The molecule has 66 valence electrons. The number of H-pyrrole nitrogens is 1. The molecule has 0 atom stereocenters. The van der Waals surface area contributed by atoms with Crippen LogP contribution >= 0.6 is 11.6 Å². The van der Waals surface area contributed by atoms with Crippen molar-refractivity contribution < 1.29 is 0 Å². The molecule has 0 aliphatic carbocycles. The number of nitrogens with zero attached hydrogens (tertiary/aromatic N) is 3. The number of halogens is 1. The topological polar surface area (TPSA) is 54.5 Å². The van der Waals surface area contributed by atoms with Crippen molar-refractivity contribution in [2.75, 3.05) is 0 Å². The summed E-state index contributed by atoms with van der Waals surface area (Å²) in [6.07, 6.45) is 0. The minimum Gasteiger partial charge on any atom is -0.177 e. The van der Waals surface area contributed by atoms with E-state index in [-0.39, 0.29) is 0 Å². The van der Waals surface area contributed by atoms with Crippen molar-refractivity contribution in [1.29, 1.82) is 0 Å². The zero-order valence-electron chi connectivity index (χ0n) is 6.95. The Balaban J connectivity index is 2.57. The van der Waals surface area contributed by atoms with Gasteiger partial charge in [0.05, 0.1) is 0 Å². The van der Waals surface area contributed by atoms with Gasteiger partial charge in [0, 0.05) is 10.6 Å². The second-order valence-corrected chi connectivity index (χ2v) is 3.13. The highest BCUT2D eigenvalue weighted by atomic mass is 35.5. The highest BCUT2D eigenvalue weighted by Gasteiger charge is 2.06. The maximum Gasteiger partial charge on any atom is 0.204 e. The molecule has 0 aliphatic heterocycles. The van der Waals surface area contributed by atoms with Gasteiger partial charge in [-0.2, -0.15) is 5.21 Å². The molecule has 0 aliphatic rings. The van der Waals surface area contributed by atoms with Gasteiger partial charge < -0.3 is 0 Å². The lowest BCUT2D eigenvalue weighted by atomic mass is 10.1. The molecule has 13 heavy (non-hydrogen) atoms. The van der Waals surface area contributed by atoms with Crippen LogP contribution in [0.1, 0.15) is 5.56 Å². The monoisotopic (exact) mass is 194 g/mol. The first kappa shape index (κ1) is 8.19. The van der Waals surface area contributed by atoms with E-state index in [1.54, 1.807) is 0 Å². The lowest BCUT2D eigenvalue weighted by Crippen LogP contribution is -1.85. The van der Waals surface area contributed by atoms with Crippen LogP contribution in [0.4, 0.5) is 0 Å². The van der Waals surface area contributed by atoms with Gasteiger partial charge in [-0.25, -0.2) is 0 Å². The van der Waals surface area contributed by atoms with E-state index in [0.29, 0.717) is 10.8 Å². The number of aromatic amines is 1. The third-order valence-electron chi connectivity index (χ3n) is 1.79. The first-order chi connectivity index (χ1) is 6.27. The summed E-state index contributed by atoms with van der Waals surface area (Å²) in [4.78, 5) is 0. The van der Waals surface area contributed by atoms with Crippen LogP contribution in [0, 0.1) is 6.92 Å². The van der Waals surface area contributed by atoms with Crippen molar-refractivity contribution in [3.63, 3.8) is 0 Å². The summed E-state index contributed by atoms with van der Waals surface area (Å²) in [5, 5.41) is 14.3. The molecule has 5 heteroatoms. The van der Waals surface area contributed by atoms with E-state index in [0.717, 1.165) is 11.1 Å². The van der Waals surface area contributed by atoms with E-state index < -0.39 is 0 Å². The summed E-state index contributed by atoms with van der Waals surface area (Å²) in [5.41, 5.74) is 1.98. The summed E-state index contributed by atoms with van der Waals surface area (Å²) in [6, 6.07) is 5.58. The van der Waals surface area contributed by atoms with E-state index in [4.69, 9.17) is 11.6 Å². The Kier molecular flexibility index (Phi) is 1.98. The molecule has 1 N–H and O–H groups in total. The highest BCUT2D eigenvalue weighted by molar-refractivity contribution is 6.30. The van der Waals surface area contributed by atoms with Crippen molar-refractivity contribution in [2.24, 2.45) is 0 Å². The van der Waals surface area contributed by atoms with Crippen molar-refractivity contribution >= 4 is 11.6 Å². The molecule has 0 unspecified atom stereocenters. The molecule has 1 heterocycles. The summed E-state index contributed by atoms with van der Waals surface area (Å²) in [5.74, 6) is 0.569. The van der Waals surface area contributed by atoms with Crippen molar-refractivity contribution in [3.05, 3.63) is 28.8 Å². The second-order valence-electron chi connectivity index (χ2n) is 2.69. The lowest BCUT2D eigenvalue weighted by Gasteiger charge is -2.00. The molecule has 0 amide bonds. The van der Waals surface area contributed by atoms with Gasteiger partial charge in [-0.05, 0) is 29.8 Å². The number of hydrogen-bond donors (Lipinski definition) is 1. The molecule has 1 aromatic heterocycles. The van der Waals surface area contributed by atoms with E-state index in [2.05, 4.69) is 20.6 Å². The smallest absolute Gasteiger partial charge is 0.177 e. The summed E-state index contributed by atoms with van der Waals surface area (Å²) in [6.45, 7) is 1.97. The third kappa shape index (κ3) is 1.53. The Morgan fingerprint density at radius 1 is 1.38 bits per heavy atom. The van der Waals surface area contributed by atoms with E-state index in [1.807, 2.05) is 25.1 Å². The predicted octanol–water partition coefficient (Wildman–Crippen LogP) is 1.83. The van der Waals surface area contributed by atoms with Crippen molar-refractivity contribution in [2.45, 2.75) is 6.92 Å². The Labute approximate surface area is 79.9 Å². The SMILES string of the molecule is Cc1ccc(Cl)cc1-c1nn[nH]n1. The van der Waals surface area contributed by atoms with Crippen LogP contribution in [-0.2, 0) is 0 Å². The molecule has 2 rings (SSSR count). The number of hydrogen-bond acceptors (Lipinski definition) is 3. The first-order valence-electron chi connectivity index (χ1n) is 3.77. The molecular formula is C8H7ClN4. The number of aryl methyl sites for hydroxylation is 1. The number of aromatic nitrogens is 4. The van der Waals surface area contributed by atoms with E-state index in [9.17, 15) is 0 Å². The molecule has 0 radical (unpaired) electrons. The molecule has 2 aromatic rings. The molecule has 0 spiro atoms. The minimum atomic E-state index is 0.569. The largest absolute Gasteiger partial charge is 0.204 e. The first-order valence-corrected chi connectivity index (χ1v) is 4.15. The molecular weight excluding hydrogens is 188 g/mol. The predicted molar refractivity (Wildman–Crippen MR) is 49.4 cm³/mol. The van der Waals surface area contributed by atoms with Crippen LogP contribution in [0.25, 0.3) is 11.4 Å². The van der Waals surface area contributed by atoms with Gasteiger partial charge in [0.25, 0.3) is 0 Å². The van der Waals surface area contributed by atoms with Gasteiger partial charge in [-0.1, -0.05) is 17.7 Å². The Morgan fingerprint density at radius 3 is 2.92 bits per heavy atom. The fourth-order valence-electron chi connectivity index (χ4n) is 1.11. The van der Waals surface area contributed by atoms with Crippen LogP contribution < -0.4 is 0 Å². The van der Waals surface area contributed by atoms with E-state index >= 15 is 0 Å². The van der Waals surface area contributed by atoms with Crippen LogP contribution in [0.3, 0.4) is 0 Å². The van der Waals surface area contributed by atoms with Gasteiger partial charge in [-0.3, -0.25) is 0 Å². The number of nitrogens with one attached hydrogen (secondary N) is 1. The third-order valence-corrected chi connectivity index (χ3v) is 2.02. The van der Waals surface area contributed by atoms with Gasteiger partial charge in [-0.15, -0.1) is 10.2 Å². The number of tetrazole rings is 1. The lowest BCUT2D eigenvalue weighted by molar-refractivity contribution is 0.881. The molecule has 0 bridgehead atoms. The van der Waals surface area contributed by atoms with Gasteiger partial charge in [0.2, 0.25) is 5.82 Å². The summed E-state index contributed by atoms with van der Waals surface area (Å²) in [7, 11) is 0. The Hall–Kier alpha value is -1.42. The highest BCUT2D eigenvalue weighted by Crippen LogP contribution is 2.22. The Morgan fingerprint density at radius 2 is 2.23 bits per heavy atom. The molecule has 1 aromatic carbocycles. The fourth-order valence-corrected chi connectivity index (χ4v) is 1.28. The van der Waals surface area contributed by atoms with Crippen LogP contribution in [0.15, 0.2) is 18.2 Å². The summed E-state index contributed by atoms with van der Waals surface area (Å²) >= 11 is 5.85. The van der Waals surface area contributed by atoms with Crippen LogP contribution in [-0.4, -0.2) is 20.6 Å². The quantitative estimate of drug-likeness (QED) is 0.754. The average Bonchev–Trinajstić information content (AvgIpc) is 2.61. The zero-order chi connectivity index (χ0) is 9.26. The van der Waals surface area contributed by atoms with Gasteiger partial charge >= 0.3 is 0 Å². The van der Waals surface area contributed by atoms with Gasteiger partial charge in [0.15, 0.2) is 0 Å². The van der Waals surface area contributed by atoms with E-state index in [1.165, 1.54) is 0 Å². The van der Waals surface area contributed by atoms with Crippen molar-refractivity contribution in [1.82, 2.24) is 20.6 Å². The fraction of sp³-hybridized carbons (Fsp3) is 0.125. The molecule has 0 saturated carbocycles. The molecule has 0 saturated heterocycles. The minimum absolute atomic E-state index is 0.569. The maximum atomic E-state index is 5.85. The second kappa shape index (κ2) is 3.14. The average molecular weight is 195 g/mol. The summed E-state index contributed by atoms with van der Waals surface area (Å²) < 4.78 is 0. The van der Waals surface area contributed by atoms with Gasteiger partial charge in [0.1, 0.15) is 0 Å². The normalized spacial score (nSPS) is 10.3. The van der Waals surface area contributed by atoms with Crippen molar-refractivity contribution in [3.8, 4) is 11.4 Å². The molecule has 4 nitrogen and oxygen atoms in total. The standard InChI is InChI=1S/C8H7ClN4/c1-5-2-3-6(9)4-7(5)8-10-12-13-11-8/h2-4H,1H3,(H,10,11,12,13). The zero-order valence-corrected chi connectivity index (χ0v) is 7.71. The van der Waals surface area contributed by atoms with Crippen LogP contribution in [0.5, 0.6) is 0 Å². The maximum absolute atomic E-state index is 5.85. The van der Waals surface area contributed by atoms with Crippen LogP contribution in [0.2, 0.25) is 5.02 Å². The number of benzene rings is 1. The number of rotatable bonds is 1. The molecule has 0 fully saturated rings.